The van der Waals surface area contributed by atoms with Crippen LogP contribution < -0.4 is 10.6 Å². The molecule has 0 radical (unpaired) electrons. The maximum atomic E-state index is 14.1. The first-order chi connectivity index (χ1) is 12.2. The fraction of sp³-hybridized carbons (Fsp3) is 0.600. The summed E-state index contributed by atoms with van der Waals surface area (Å²) in [5.41, 5.74) is 0.400. The zero-order chi connectivity index (χ0) is 18.9. The molecule has 2 N–H and O–H groups in total. The van der Waals surface area contributed by atoms with Crippen molar-refractivity contribution in [3.63, 3.8) is 0 Å². The number of alkyl carbamates (subject to hydrolysis) is 1. The van der Waals surface area contributed by atoms with Crippen molar-refractivity contribution in [2.45, 2.75) is 76.5 Å². The molecule has 2 saturated carbocycles. The van der Waals surface area contributed by atoms with Gasteiger partial charge in [0.15, 0.2) is 0 Å². The second-order valence-electron chi connectivity index (χ2n) is 8.29. The fourth-order valence-corrected chi connectivity index (χ4v) is 3.46. The fourth-order valence-electron chi connectivity index (χ4n) is 3.46. The minimum absolute atomic E-state index is 0.0407. The molecule has 1 aromatic rings. The molecule has 0 spiro atoms. The van der Waals surface area contributed by atoms with Gasteiger partial charge in [0.05, 0.1) is 5.56 Å². The normalized spacial score (nSPS) is 22.8. The van der Waals surface area contributed by atoms with Crippen LogP contribution in [0.4, 0.5) is 9.18 Å². The van der Waals surface area contributed by atoms with Crippen LogP contribution in [-0.4, -0.2) is 29.7 Å². The number of halogens is 1. The molecule has 0 heterocycles. The molecule has 5 nitrogen and oxygen atoms in total. The lowest BCUT2D eigenvalue weighted by atomic mass is 10.0. The first-order valence-corrected chi connectivity index (χ1v) is 9.33. The smallest absolute Gasteiger partial charge is 0.407 e. The van der Waals surface area contributed by atoms with Crippen molar-refractivity contribution in [2.24, 2.45) is 0 Å². The van der Waals surface area contributed by atoms with Gasteiger partial charge in [-0.1, -0.05) is 18.9 Å². The summed E-state index contributed by atoms with van der Waals surface area (Å²) < 4.78 is 19.4. The van der Waals surface area contributed by atoms with E-state index in [4.69, 9.17) is 4.74 Å². The van der Waals surface area contributed by atoms with Crippen LogP contribution in [0.2, 0.25) is 0 Å². The lowest BCUT2D eigenvalue weighted by molar-refractivity contribution is 0.0522. The van der Waals surface area contributed by atoms with E-state index >= 15 is 0 Å². The first-order valence-electron chi connectivity index (χ1n) is 9.33. The molecule has 0 aromatic heterocycles. The Morgan fingerprint density at radius 3 is 2.50 bits per heavy atom. The molecule has 0 aliphatic heterocycles. The van der Waals surface area contributed by atoms with Gasteiger partial charge in [-0.15, -0.1) is 0 Å². The second kappa shape index (κ2) is 7.25. The van der Waals surface area contributed by atoms with E-state index in [1.807, 2.05) is 20.8 Å². The summed E-state index contributed by atoms with van der Waals surface area (Å²) in [6, 6.07) is 4.74. The van der Waals surface area contributed by atoms with Gasteiger partial charge < -0.3 is 15.4 Å². The number of carbonyl (C=O) groups excluding carboxylic acids is 2. The lowest BCUT2D eigenvalue weighted by Gasteiger charge is -2.19. The highest BCUT2D eigenvalue weighted by Crippen LogP contribution is 2.41. The van der Waals surface area contributed by atoms with Crippen molar-refractivity contribution >= 4 is 12.0 Å². The Bertz CT molecular complexity index is 693. The van der Waals surface area contributed by atoms with E-state index < -0.39 is 17.5 Å². The van der Waals surface area contributed by atoms with Crippen LogP contribution in [0, 0.1) is 5.82 Å². The Labute approximate surface area is 153 Å². The van der Waals surface area contributed by atoms with Crippen LogP contribution in [0.5, 0.6) is 0 Å². The summed E-state index contributed by atoms with van der Waals surface area (Å²) in [6.45, 7) is 5.44. The number of ether oxygens (including phenoxy) is 1. The van der Waals surface area contributed by atoms with Gasteiger partial charge in [0.25, 0.3) is 5.91 Å². The van der Waals surface area contributed by atoms with Gasteiger partial charge >= 0.3 is 6.09 Å². The van der Waals surface area contributed by atoms with Crippen LogP contribution in [0.15, 0.2) is 18.2 Å². The van der Waals surface area contributed by atoms with Gasteiger partial charge in [0, 0.05) is 18.0 Å². The molecule has 1 aromatic carbocycles. The topological polar surface area (TPSA) is 67.4 Å². The number of nitrogens with one attached hydrogen (secondary N) is 2. The maximum absolute atomic E-state index is 14.1. The number of rotatable bonds is 4. The van der Waals surface area contributed by atoms with E-state index in [1.54, 1.807) is 12.1 Å². The quantitative estimate of drug-likeness (QED) is 0.854. The SMILES string of the molecule is CC(C)(C)OC(=O)N[C@@H]1C[C@H]1c1ccc(F)c(C(=O)NC2CCCC2)c1. The predicted octanol–water partition coefficient (Wildman–Crippen LogP) is 3.88. The molecular weight excluding hydrogens is 335 g/mol. The summed E-state index contributed by atoms with van der Waals surface area (Å²) in [4.78, 5) is 24.2. The van der Waals surface area contributed by atoms with Crippen molar-refractivity contribution in [3.8, 4) is 0 Å². The molecule has 0 bridgehead atoms. The number of carbonyl (C=O) groups is 2. The highest BCUT2D eigenvalue weighted by atomic mass is 19.1. The van der Waals surface area contributed by atoms with Crippen LogP contribution in [0.25, 0.3) is 0 Å². The Kier molecular flexibility index (Phi) is 5.21. The van der Waals surface area contributed by atoms with Crippen molar-refractivity contribution in [1.29, 1.82) is 0 Å². The third kappa shape index (κ3) is 4.74. The van der Waals surface area contributed by atoms with Crippen LogP contribution in [-0.2, 0) is 4.74 Å². The van der Waals surface area contributed by atoms with E-state index in [2.05, 4.69) is 10.6 Å². The summed E-state index contributed by atoms with van der Waals surface area (Å²) in [6.07, 6.45) is 4.43. The zero-order valence-electron chi connectivity index (χ0n) is 15.6. The highest BCUT2D eigenvalue weighted by Gasteiger charge is 2.41. The van der Waals surface area contributed by atoms with Gasteiger partial charge in [-0.3, -0.25) is 4.79 Å². The Balaban J connectivity index is 1.61. The maximum Gasteiger partial charge on any atom is 0.407 e. The van der Waals surface area contributed by atoms with Gasteiger partial charge in [-0.25, -0.2) is 9.18 Å². The molecular formula is C20H27FN2O3. The van der Waals surface area contributed by atoms with E-state index in [0.717, 1.165) is 37.7 Å². The van der Waals surface area contributed by atoms with E-state index in [0.29, 0.717) is 0 Å². The lowest BCUT2D eigenvalue weighted by Crippen LogP contribution is -2.34. The van der Waals surface area contributed by atoms with Gasteiger partial charge in [-0.2, -0.15) is 0 Å². The van der Waals surface area contributed by atoms with Gasteiger partial charge in [0.2, 0.25) is 0 Å². The monoisotopic (exact) mass is 362 g/mol. The Morgan fingerprint density at radius 2 is 1.85 bits per heavy atom. The van der Waals surface area contributed by atoms with Crippen molar-refractivity contribution < 1.29 is 18.7 Å². The first kappa shape index (κ1) is 18.7. The summed E-state index contributed by atoms with van der Waals surface area (Å²) in [5, 5.41) is 5.75. The molecule has 2 fully saturated rings. The highest BCUT2D eigenvalue weighted by molar-refractivity contribution is 5.95. The molecule has 2 amide bonds. The molecule has 0 saturated heterocycles. The molecule has 6 heteroatoms. The average Bonchev–Trinajstić information content (AvgIpc) is 3.08. The Morgan fingerprint density at radius 1 is 1.15 bits per heavy atom. The van der Waals surface area contributed by atoms with Crippen LogP contribution >= 0.6 is 0 Å². The predicted molar refractivity (Wildman–Crippen MR) is 96.6 cm³/mol. The third-order valence-corrected chi connectivity index (χ3v) is 4.85. The summed E-state index contributed by atoms with van der Waals surface area (Å²) in [7, 11) is 0. The van der Waals surface area contributed by atoms with E-state index in [1.165, 1.54) is 6.07 Å². The standard InChI is InChI=1S/C20H27FN2O3/c1-20(2,3)26-19(25)23-17-11-14(17)12-8-9-16(21)15(10-12)18(24)22-13-6-4-5-7-13/h8-10,13-14,17H,4-7,11H2,1-3H3,(H,22,24)(H,23,25)/t14-,17+/m0/s1. The van der Waals surface area contributed by atoms with Crippen LogP contribution in [0.3, 0.4) is 0 Å². The number of amides is 2. The van der Waals surface area contributed by atoms with Crippen molar-refractivity contribution in [2.75, 3.05) is 0 Å². The molecule has 26 heavy (non-hydrogen) atoms. The molecule has 2 atom stereocenters. The summed E-state index contributed by atoms with van der Waals surface area (Å²) in [5.74, 6) is -0.781. The van der Waals surface area contributed by atoms with Crippen molar-refractivity contribution in [3.05, 3.63) is 35.1 Å². The molecule has 0 unspecified atom stereocenters. The molecule has 2 aliphatic rings. The van der Waals surface area contributed by atoms with E-state index in [9.17, 15) is 14.0 Å². The summed E-state index contributed by atoms with van der Waals surface area (Å²) >= 11 is 0. The number of hydrogen-bond acceptors (Lipinski definition) is 3. The van der Waals surface area contributed by atoms with Crippen LogP contribution in [0.1, 0.15) is 74.7 Å². The number of benzene rings is 1. The molecule has 142 valence electrons. The molecule has 3 rings (SSSR count). The largest absolute Gasteiger partial charge is 0.444 e. The zero-order valence-corrected chi connectivity index (χ0v) is 15.6. The van der Waals surface area contributed by atoms with Gasteiger partial charge in [-0.05, 0) is 57.7 Å². The second-order valence-corrected chi connectivity index (χ2v) is 8.29. The third-order valence-electron chi connectivity index (χ3n) is 4.85. The Hall–Kier alpha value is -2.11. The molecule has 2 aliphatic carbocycles. The minimum atomic E-state index is -0.546. The minimum Gasteiger partial charge on any atom is -0.444 e. The van der Waals surface area contributed by atoms with E-state index in [-0.39, 0.29) is 29.5 Å². The average molecular weight is 362 g/mol. The number of hydrogen-bond donors (Lipinski definition) is 2. The van der Waals surface area contributed by atoms with Gasteiger partial charge in [0.1, 0.15) is 11.4 Å². The van der Waals surface area contributed by atoms with Crippen molar-refractivity contribution in [1.82, 2.24) is 10.6 Å².